The Morgan fingerprint density at radius 1 is 1.24 bits per heavy atom. The normalized spacial score (nSPS) is 12.4. The van der Waals surface area contributed by atoms with Gasteiger partial charge in [0.2, 0.25) is 0 Å². The predicted octanol–water partition coefficient (Wildman–Crippen LogP) is 4.06. The Hall–Kier alpha value is -0.880. The highest BCUT2D eigenvalue weighted by atomic mass is 79.9. The molecule has 2 nitrogen and oxygen atoms in total. The summed E-state index contributed by atoms with van der Waals surface area (Å²) in [6, 6.07) is 13.2. The lowest BCUT2D eigenvalue weighted by Gasteiger charge is -2.16. The number of aryl methyl sites for hydroxylation is 1. The molecule has 1 atom stereocenters. The van der Waals surface area contributed by atoms with Gasteiger partial charge in [-0.15, -0.1) is 11.8 Å². The third kappa shape index (κ3) is 5.11. The van der Waals surface area contributed by atoms with E-state index in [9.17, 15) is 4.39 Å². The van der Waals surface area contributed by atoms with Crippen LogP contribution in [0.2, 0.25) is 0 Å². The van der Waals surface area contributed by atoms with E-state index in [4.69, 9.17) is 5.84 Å². The minimum absolute atomic E-state index is 0.0782. The van der Waals surface area contributed by atoms with Crippen LogP contribution in [0.25, 0.3) is 0 Å². The molecule has 0 fully saturated rings. The van der Waals surface area contributed by atoms with Crippen LogP contribution in [-0.2, 0) is 6.42 Å². The summed E-state index contributed by atoms with van der Waals surface area (Å²) in [7, 11) is 0. The van der Waals surface area contributed by atoms with E-state index in [1.54, 1.807) is 23.9 Å². The quantitative estimate of drug-likeness (QED) is 0.458. The van der Waals surface area contributed by atoms with Crippen molar-refractivity contribution in [3.63, 3.8) is 0 Å². The highest BCUT2D eigenvalue weighted by Crippen LogP contribution is 2.23. The van der Waals surface area contributed by atoms with Gasteiger partial charge in [0, 0.05) is 21.2 Å². The van der Waals surface area contributed by atoms with Gasteiger partial charge in [-0.2, -0.15) is 0 Å². The van der Waals surface area contributed by atoms with E-state index < -0.39 is 0 Å². The standard InChI is InChI=1S/C16H18BrFN2S/c1-11-2-5-15(6-3-11)21-10-14(20-19)9-12-8-13(18)4-7-16(12)17/h2-8,14,20H,9-10,19H2,1H3. The molecule has 0 aromatic heterocycles. The maximum atomic E-state index is 13.3. The van der Waals surface area contributed by atoms with Crippen LogP contribution in [0.5, 0.6) is 0 Å². The van der Waals surface area contributed by atoms with Gasteiger partial charge in [-0.05, 0) is 49.2 Å². The molecule has 0 aliphatic carbocycles. The first-order chi connectivity index (χ1) is 10.1. The Balaban J connectivity index is 1.96. The fourth-order valence-electron chi connectivity index (χ4n) is 1.96. The smallest absolute Gasteiger partial charge is 0.123 e. The van der Waals surface area contributed by atoms with E-state index in [0.29, 0.717) is 6.42 Å². The van der Waals surface area contributed by atoms with Gasteiger partial charge >= 0.3 is 0 Å². The van der Waals surface area contributed by atoms with E-state index in [2.05, 4.69) is 52.5 Å². The van der Waals surface area contributed by atoms with Crippen molar-refractivity contribution in [3.05, 3.63) is 63.9 Å². The maximum absolute atomic E-state index is 13.3. The molecule has 21 heavy (non-hydrogen) atoms. The van der Waals surface area contributed by atoms with Gasteiger partial charge in [-0.1, -0.05) is 33.6 Å². The topological polar surface area (TPSA) is 38.0 Å². The molecule has 0 heterocycles. The minimum Gasteiger partial charge on any atom is -0.271 e. The molecule has 1 unspecified atom stereocenters. The van der Waals surface area contributed by atoms with Gasteiger partial charge in [0.25, 0.3) is 0 Å². The highest BCUT2D eigenvalue weighted by Gasteiger charge is 2.11. The van der Waals surface area contributed by atoms with Gasteiger partial charge in [0.15, 0.2) is 0 Å². The lowest BCUT2D eigenvalue weighted by atomic mass is 10.1. The molecule has 0 saturated carbocycles. The zero-order chi connectivity index (χ0) is 15.2. The average molecular weight is 369 g/mol. The molecule has 0 amide bonds. The molecule has 5 heteroatoms. The number of hydrogen-bond acceptors (Lipinski definition) is 3. The maximum Gasteiger partial charge on any atom is 0.123 e. The van der Waals surface area contributed by atoms with Gasteiger partial charge < -0.3 is 0 Å². The summed E-state index contributed by atoms with van der Waals surface area (Å²) >= 11 is 5.19. The molecule has 112 valence electrons. The van der Waals surface area contributed by atoms with Crippen LogP contribution in [0.15, 0.2) is 51.8 Å². The summed E-state index contributed by atoms with van der Waals surface area (Å²) in [5.74, 6) is 6.22. The van der Waals surface area contributed by atoms with E-state index in [-0.39, 0.29) is 11.9 Å². The van der Waals surface area contributed by atoms with Crippen LogP contribution < -0.4 is 11.3 Å². The van der Waals surface area contributed by atoms with E-state index in [0.717, 1.165) is 15.8 Å². The number of hydrazine groups is 1. The van der Waals surface area contributed by atoms with Crippen molar-refractivity contribution in [2.75, 3.05) is 5.75 Å². The zero-order valence-corrected chi connectivity index (χ0v) is 14.2. The van der Waals surface area contributed by atoms with Crippen molar-refractivity contribution < 1.29 is 4.39 Å². The van der Waals surface area contributed by atoms with Crippen LogP contribution in [0.4, 0.5) is 4.39 Å². The molecule has 0 aliphatic rings. The number of nitrogens with two attached hydrogens (primary N) is 1. The van der Waals surface area contributed by atoms with E-state index >= 15 is 0 Å². The fourth-order valence-corrected chi connectivity index (χ4v) is 3.31. The van der Waals surface area contributed by atoms with Gasteiger partial charge in [0.1, 0.15) is 5.82 Å². The molecule has 2 aromatic rings. The number of benzene rings is 2. The summed E-state index contributed by atoms with van der Waals surface area (Å²) in [5, 5.41) is 0. The molecular formula is C16H18BrFN2S. The molecule has 2 aromatic carbocycles. The van der Waals surface area contributed by atoms with Crippen LogP contribution in [0.1, 0.15) is 11.1 Å². The average Bonchev–Trinajstić information content (AvgIpc) is 2.48. The Labute approximate surface area is 137 Å². The van der Waals surface area contributed by atoms with Crippen LogP contribution in [0, 0.1) is 12.7 Å². The van der Waals surface area contributed by atoms with Crippen LogP contribution in [0.3, 0.4) is 0 Å². The Morgan fingerprint density at radius 2 is 1.95 bits per heavy atom. The first-order valence-corrected chi connectivity index (χ1v) is 8.46. The fraction of sp³-hybridized carbons (Fsp3) is 0.250. The molecule has 0 bridgehead atoms. The SMILES string of the molecule is Cc1ccc(SCC(Cc2cc(F)ccc2Br)NN)cc1. The van der Waals surface area contributed by atoms with Gasteiger partial charge in [-0.3, -0.25) is 11.3 Å². The van der Waals surface area contributed by atoms with Crippen LogP contribution in [-0.4, -0.2) is 11.8 Å². The first-order valence-electron chi connectivity index (χ1n) is 6.68. The first kappa shape index (κ1) is 16.5. The van der Waals surface area contributed by atoms with Crippen molar-refractivity contribution in [2.45, 2.75) is 24.3 Å². The number of thioether (sulfide) groups is 1. The lowest BCUT2D eigenvalue weighted by Crippen LogP contribution is -2.38. The Kier molecular flexibility index (Phi) is 6.23. The van der Waals surface area contributed by atoms with Gasteiger partial charge in [0.05, 0.1) is 0 Å². The van der Waals surface area contributed by atoms with Gasteiger partial charge in [-0.25, -0.2) is 4.39 Å². The minimum atomic E-state index is -0.227. The van der Waals surface area contributed by atoms with Crippen molar-refractivity contribution in [1.82, 2.24) is 5.43 Å². The second kappa shape index (κ2) is 7.94. The van der Waals surface area contributed by atoms with Crippen molar-refractivity contribution in [1.29, 1.82) is 0 Å². The number of hydrogen-bond donors (Lipinski definition) is 2. The van der Waals surface area contributed by atoms with Crippen molar-refractivity contribution >= 4 is 27.7 Å². The summed E-state index contributed by atoms with van der Waals surface area (Å²) < 4.78 is 14.2. The molecule has 2 rings (SSSR count). The summed E-state index contributed by atoms with van der Waals surface area (Å²) in [4.78, 5) is 1.21. The molecule has 0 saturated heterocycles. The molecule has 0 aliphatic heterocycles. The molecular weight excluding hydrogens is 351 g/mol. The predicted molar refractivity (Wildman–Crippen MR) is 90.8 cm³/mol. The second-order valence-corrected chi connectivity index (χ2v) is 6.88. The molecule has 0 spiro atoms. The Bertz CT molecular complexity index is 589. The third-order valence-corrected chi connectivity index (χ3v) is 5.13. The lowest BCUT2D eigenvalue weighted by molar-refractivity contribution is 0.569. The second-order valence-electron chi connectivity index (χ2n) is 4.93. The molecule has 0 radical (unpaired) electrons. The Morgan fingerprint density at radius 3 is 2.62 bits per heavy atom. The number of nitrogens with one attached hydrogen (secondary N) is 1. The zero-order valence-electron chi connectivity index (χ0n) is 11.8. The molecule has 3 N–H and O–H groups in total. The summed E-state index contributed by atoms with van der Waals surface area (Å²) in [6.45, 7) is 2.07. The van der Waals surface area contributed by atoms with E-state index in [1.807, 2.05) is 0 Å². The monoisotopic (exact) mass is 368 g/mol. The van der Waals surface area contributed by atoms with E-state index in [1.165, 1.54) is 16.5 Å². The highest BCUT2D eigenvalue weighted by molar-refractivity contribution is 9.10. The largest absolute Gasteiger partial charge is 0.271 e. The van der Waals surface area contributed by atoms with Crippen molar-refractivity contribution in [2.24, 2.45) is 5.84 Å². The number of rotatable bonds is 6. The van der Waals surface area contributed by atoms with Crippen molar-refractivity contribution in [3.8, 4) is 0 Å². The number of halogens is 2. The van der Waals surface area contributed by atoms with Crippen LogP contribution >= 0.6 is 27.7 Å². The summed E-state index contributed by atoms with van der Waals surface area (Å²) in [5.41, 5.74) is 4.98. The third-order valence-electron chi connectivity index (χ3n) is 3.18. The summed E-state index contributed by atoms with van der Waals surface area (Å²) in [6.07, 6.45) is 0.674.